The number of hydrogen-bond acceptors (Lipinski definition) is 6. The minimum atomic E-state index is -0.386. The third kappa shape index (κ3) is 5.71. The monoisotopic (exact) mass is 518 g/mol. The number of nitrogens with zero attached hydrogens (tertiary/aromatic N) is 6. The molecule has 1 aromatic carbocycles. The van der Waals surface area contributed by atoms with Crippen molar-refractivity contribution in [2.75, 3.05) is 13.1 Å². The van der Waals surface area contributed by atoms with Crippen molar-refractivity contribution < 1.29 is 14.0 Å². The van der Waals surface area contributed by atoms with Crippen LogP contribution >= 0.6 is 0 Å². The molecule has 0 spiro atoms. The first-order chi connectivity index (χ1) is 18.4. The van der Waals surface area contributed by atoms with Crippen LogP contribution in [-0.2, 0) is 30.7 Å². The Morgan fingerprint density at radius 3 is 2.76 bits per heavy atom. The molecule has 11 heteroatoms. The van der Waals surface area contributed by atoms with E-state index in [0.29, 0.717) is 18.0 Å². The maximum Gasteiger partial charge on any atom is 0.273 e. The fourth-order valence-corrected chi connectivity index (χ4v) is 4.61. The van der Waals surface area contributed by atoms with E-state index in [4.69, 9.17) is 0 Å². The molecule has 1 fully saturated rings. The number of hydrogen-bond donors (Lipinski definition) is 2. The summed E-state index contributed by atoms with van der Waals surface area (Å²) in [4.78, 5) is 29.0. The Kier molecular flexibility index (Phi) is 7.43. The summed E-state index contributed by atoms with van der Waals surface area (Å²) in [6, 6.07) is 9.09. The summed E-state index contributed by atoms with van der Waals surface area (Å²) >= 11 is 0. The largest absolute Gasteiger partial charge is 0.346 e. The van der Waals surface area contributed by atoms with Gasteiger partial charge in [-0.3, -0.25) is 14.3 Å². The van der Waals surface area contributed by atoms with E-state index in [9.17, 15) is 14.0 Å². The molecule has 1 aliphatic rings. The molecule has 0 aliphatic carbocycles. The molecule has 38 heavy (non-hydrogen) atoms. The van der Waals surface area contributed by atoms with Crippen LogP contribution in [0, 0.1) is 5.82 Å². The van der Waals surface area contributed by atoms with Crippen molar-refractivity contribution in [2.24, 2.45) is 0 Å². The predicted molar refractivity (Wildman–Crippen MR) is 139 cm³/mol. The smallest absolute Gasteiger partial charge is 0.273 e. The zero-order chi connectivity index (χ0) is 26.6. The zero-order valence-electron chi connectivity index (χ0n) is 21.6. The number of likely N-dealkylation sites (tertiary alicyclic amines) is 1. The van der Waals surface area contributed by atoms with E-state index in [-0.39, 0.29) is 29.9 Å². The van der Waals surface area contributed by atoms with Gasteiger partial charge in [0.2, 0.25) is 5.91 Å². The summed E-state index contributed by atoms with van der Waals surface area (Å²) < 4.78 is 15.7. The van der Waals surface area contributed by atoms with Gasteiger partial charge in [-0.2, -0.15) is 5.10 Å². The number of aromatic nitrogens is 6. The Morgan fingerprint density at radius 2 is 1.97 bits per heavy atom. The van der Waals surface area contributed by atoms with Crippen molar-refractivity contribution in [3.63, 3.8) is 0 Å². The van der Waals surface area contributed by atoms with Crippen molar-refractivity contribution >= 4 is 22.8 Å². The van der Waals surface area contributed by atoms with E-state index < -0.39 is 0 Å². The first-order valence-corrected chi connectivity index (χ1v) is 13.0. The molecule has 1 saturated heterocycles. The quantitative estimate of drug-likeness (QED) is 0.311. The van der Waals surface area contributed by atoms with Gasteiger partial charge in [0.15, 0.2) is 11.3 Å². The van der Waals surface area contributed by atoms with Crippen LogP contribution in [0.25, 0.3) is 11.0 Å². The number of carbonyl (C=O) groups excluding carboxylic acids is 2. The lowest BCUT2D eigenvalue weighted by atomic mass is 9.96. The maximum atomic E-state index is 14.0. The summed E-state index contributed by atoms with van der Waals surface area (Å²) in [7, 11) is 0. The number of nitrogens with one attached hydrogen (secondary N) is 2. The normalized spacial score (nSPS) is 13.6. The number of carbonyl (C=O) groups is 2. The first-order valence-electron chi connectivity index (χ1n) is 13.0. The number of rotatable bonds is 10. The summed E-state index contributed by atoms with van der Waals surface area (Å²) in [6.07, 6.45) is 4.89. The molecule has 1 aliphatic heterocycles. The number of aromatic amines is 1. The van der Waals surface area contributed by atoms with Gasteiger partial charge in [-0.1, -0.05) is 24.3 Å². The highest BCUT2D eigenvalue weighted by atomic mass is 19.1. The van der Waals surface area contributed by atoms with Crippen LogP contribution < -0.4 is 5.32 Å². The molecule has 5 rings (SSSR count). The standard InChI is InChI=1S/C27H31FN8O2/c1-3-18-7-8-23(28)20(10-18)13-29-27(38)25-16-36(34-32-25)9-5-4-6-22-11-19-12-24(30-26(19)33-31-22)21-14-35(15-21)17(2)37/h7-8,10-12,16,21H,3-6,9,13-15H2,1-2H3,(H,29,38)(H,30,33). The SMILES string of the molecule is CCc1ccc(F)c(CNC(=O)c2cn(CCCCc3cc4cc(C5CN(C(C)=O)C5)[nH]c4nn3)nn2)c1. The second-order valence-electron chi connectivity index (χ2n) is 9.77. The van der Waals surface area contributed by atoms with Gasteiger partial charge in [-0.15, -0.1) is 10.2 Å². The number of fused-ring (bicyclic) bond motifs is 1. The van der Waals surface area contributed by atoms with Gasteiger partial charge in [-0.25, -0.2) is 4.39 Å². The summed E-state index contributed by atoms with van der Waals surface area (Å²) in [5.74, 6) is -0.302. The van der Waals surface area contributed by atoms with Crippen molar-refractivity contribution in [2.45, 2.75) is 58.5 Å². The molecule has 4 heterocycles. The summed E-state index contributed by atoms with van der Waals surface area (Å²) in [5.41, 5.74) is 4.44. The number of halogens is 1. The van der Waals surface area contributed by atoms with Gasteiger partial charge in [0.25, 0.3) is 5.91 Å². The van der Waals surface area contributed by atoms with Gasteiger partial charge < -0.3 is 15.2 Å². The van der Waals surface area contributed by atoms with E-state index in [2.05, 4.69) is 42.9 Å². The molecule has 0 bridgehead atoms. The van der Waals surface area contributed by atoms with Crippen molar-refractivity contribution in [3.05, 3.63) is 70.6 Å². The van der Waals surface area contributed by atoms with Crippen molar-refractivity contribution in [3.8, 4) is 0 Å². The Labute approximate surface area is 219 Å². The van der Waals surface area contributed by atoms with E-state index >= 15 is 0 Å². The lowest BCUT2D eigenvalue weighted by molar-refractivity contribution is -0.133. The average molecular weight is 519 g/mol. The molecule has 2 N–H and O–H groups in total. The topological polar surface area (TPSA) is 122 Å². The van der Waals surface area contributed by atoms with Crippen LogP contribution in [0.3, 0.4) is 0 Å². The lowest BCUT2D eigenvalue weighted by Crippen LogP contribution is -2.47. The maximum absolute atomic E-state index is 14.0. The fourth-order valence-electron chi connectivity index (χ4n) is 4.61. The molecule has 10 nitrogen and oxygen atoms in total. The van der Waals surface area contributed by atoms with Crippen LogP contribution in [-0.4, -0.2) is 60.0 Å². The van der Waals surface area contributed by atoms with Crippen LogP contribution in [0.2, 0.25) is 0 Å². The van der Waals surface area contributed by atoms with Crippen molar-refractivity contribution in [1.82, 2.24) is 40.4 Å². The zero-order valence-corrected chi connectivity index (χ0v) is 21.6. The van der Waals surface area contributed by atoms with Gasteiger partial charge >= 0.3 is 0 Å². The fraction of sp³-hybridized carbons (Fsp3) is 0.407. The average Bonchev–Trinajstić information content (AvgIpc) is 3.51. The number of aryl methyl sites for hydroxylation is 3. The van der Waals surface area contributed by atoms with Gasteiger partial charge in [-0.05, 0) is 49.4 Å². The highest BCUT2D eigenvalue weighted by Gasteiger charge is 2.31. The van der Waals surface area contributed by atoms with Crippen LogP contribution in [0.5, 0.6) is 0 Å². The number of benzene rings is 1. The molecule has 4 aromatic rings. The molecule has 0 radical (unpaired) electrons. The van der Waals surface area contributed by atoms with Crippen LogP contribution in [0.15, 0.2) is 36.5 Å². The van der Waals surface area contributed by atoms with Crippen molar-refractivity contribution in [1.29, 1.82) is 0 Å². The van der Waals surface area contributed by atoms with E-state index in [0.717, 1.165) is 66.8 Å². The van der Waals surface area contributed by atoms with E-state index in [1.165, 1.54) is 6.07 Å². The predicted octanol–water partition coefficient (Wildman–Crippen LogP) is 3.15. The molecule has 2 amide bonds. The Balaban J connectivity index is 1.07. The number of amides is 2. The molecule has 3 aromatic heterocycles. The Bertz CT molecular complexity index is 1460. The van der Waals surface area contributed by atoms with Crippen LogP contribution in [0.1, 0.15) is 65.6 Å². The molecular formula is C27H31FN8O2. The second-order valence-corrected chi connectivity index (χ2v) is 9.77. The Morgan fingerprint density at radius 1 is 1.13 bits per heavy atom. The molecule has 0 saturated carbocycles. The number of H-pyrrole nitrogens is 1. The van der Waals surface area contributed by atoms with Gasteiger partial charge in [0.05, 0.1) is 11.9 Å². The lowest BCUT2D eigenvalue weighted by Gasteiger charge is -2.38. The number of unbranched alkanes of at least 4 members (excludes halogenated alkanes) is 1. The second kappa shape index (κ2) is 11.1. The van der Waals surface area contributed by atoms with Gasteiger partial charge in [0.1, 0.15) is 5.82 Å². The minimum Gasteiger partial charge on any atom is -0.346 e. The molecule has 0 atom stereocenters. The highest BCUT2D eigenvalue weighted by Crippen LogP contribution is 2.28. The van der Waals surface area contributed by atoms with Crippen LogP contribution in [0.4, 0.5) is 4.39 Å². The summed E-state index contributed by atoms with van der Waals surface area (Å²) in [5, 5.41) is 20.4. The molecular weight excluding hydrogens is 487 g/mol. The first kappa shape index (κ1) is 25.5. The minimum absolute atomic E-state index is 0.0941. The molecule has 0 unspecified atom stereocenters. The summed E-state index contributed by atoms with van der Waals surface area (Å²) in [6.45, 7) is 5.77. The third-order valence-electron chi connectivity index (χ3n) is 7.01. The van der Waals surface area contributed by atoms with E-state index in [1.807, 2.05) is 11.8 Å². The van der Waals surface area contributed by atoms with Gasteiger partial charge in [0, 0.05) is 55.7 Å². The third-order valence-corrected chi connectivity index (χ3v) is 7.01. The highest BCUT2D eigenvalue weighted by molar-refractivity contribution is 5.91. The molecule has 198 valence electrons. The Hall–Kier alpha value is -4.15. The van der Waals surface area contributed by atoms with E-state index in [1.54, 1.807) is 29.9 Å².